The Balaban J connectivity index is 1.78. The van der Waals surface area contributed by atoms with Gasteiger partial charge in [-0.3, -0.25) is 0 Å². The zero-order chi connectivity index (χ0) is 13.9. The molecule has 1 aliphatic heterocycles. The van der Waals surface area contributed by atoms with E-state index in [4.69, 9.17) is 9.26 Å². The first-order chi connectivity index (χ1) is 9.74. The molecule has 0 fully saturated rings. The number of benzene rings is 1. The summed E-state index contributed by atoms with van der Waals surface area (Å²) in [7, 11) is 0. The van der Waals surface area contributed by atoms with Gasteiger partial charge in [-0.2, -0.15) is 4.98 Å². The van der Waals surface area contributed by atoms with Gasteiger partial charge in [0.2, 0.25) is 5.89 Å². The van der Waals surface area contributed by atoms with E-state index in [2.05, 4.69) is 40.6 Å². The first-order valence-corrected chi connectivity index (χ1v) is 6.99. The molecule has 5 nitrogen and oxygen atoms in total. The van der Waals surface area contributed by atoms with Crippen molar-refractivity contribution in [2.24, 2.45) is 0 Å². The van der Waals surface area contributed by atoms with E-state index in [-0.39, 0.29) is 6.04 Å². The largest absolute Gasteiger partial charge is 0.493 e. The first kappa shape index (κ1) is 13.1. The molecule has 0 spiro atoms. The molecule has 1 atom stereocenters. The summed E-state index contributed by atoms with van der Waals surface area (Å²) >= 11 is 0. The highest BCUT2D eigenvalue weighted by Gasteiger charge is 2.21. The van der Waals surface area contributed by atoms with Crippen molar-refractivity contribution in [2.45, 2.75) is 39.3 Å². The van der Waals surface area contributed by atoms with E-state index in [9.17, 15) is 0 Å². The van der Waals surface area contributed by atoms with E-state index >= 15 is 0 Å². The van der Waals surface area contributed by atoms with Gasteiger partial charge in [0.05, 0.1) is 13.2 Å². The quantitative estimate of drug-likeness (QED) is 0.931. The number of para-hydroxylation sites is 1. The molecule has 1 unspecified atom stereocenters. The van der Waals surface area contributed by atoms with Gasteiger partial charge in [0.15, 0.2) is 5.82 Å². The maximum absolute atomic E-state index is 5.87. The molecule has 0 radical (unpaired) electrons. The van der Waals surface area contributed by atoms with Crippen LogP contribution in [0.5, 0.6) is 5.75 Å². The minimum Gasteiger partial charge on any atom is -0.493 e. The molecule has 1 N–H and O–H groups in total. The standard InChI is InChI=1S/C15H19N3O2/c1-10-5-3-6-12-13(7-4-8-19-15(10)12)16-9-14-17-11(2)18-20-14/h3,5-6,13,16H,4,7-9H2,1-2H3. The summed E-state index contributed by atoms with van der Waals surface area (Å²) in [6, 6.07) is 6.56. The molecule has 3 rings (SSSR count). The van der Waals surface area contributed by atoms with E-state index in [0.29, 0.717) is 18.3 Å². The van der Waals surface area contributed by atoms with Crippen molar-refractivity contribution in [1.29, 1.82) is 0 Å². The van der Waals surface area contributed by atoms with E-state index in [1.54, 1.807) is 0 Å². The Morgan fingerprint density at radius 2 is 2.25 bits per heavy atom. The van der Waals surface area contributed by atoms with E-state index < -0.39 is 0 Å². The smallest absolute Gasteiger partial charge is 0.240 e. The van der Waals surface area contributed by atoms with E-state index in [1.807, 2.05) is 6.92 Å². The molecular formula is C15H19N3O2. The molecule has 1 aromatic heterocycles. The number of rotatable bonds is 3. The van der Waals surface area contributed by atoms with Crippen LogP contribution in [-0.2, 0) is 6.54 Å². The number of nitrogens with zero attached hydrogens (tertiary/aromatic N) is 2. The number of hydrogen-bond donors (Lipinski definition) is 1. The molecule has 2 heterocycles. The summed E-state index contributed by atoms with van der Waals surface area (Å²) in [4.78, 5) is 4.22. The molecule has 0 bridgehead atoms. The summed E-state index contributed by atoms with van der Waals surface area (Å²) < 4.78 is 11.0. The van der Waals surface area contributed by atoms with Gasteiger partial charge in [-0.05, 0) is 32.3 Å². The summed E-state index contributed by atoms with van der Waals surface area (Å²) in [5.74, 6) is 2.31. The molecule has 0 amide bonds. The average Bonchev–Trinajstić information content (AvgIpc) is 2.73. The third-order valence-corrected chi connectivity index (χ3v) is 3.57. The van der Waals surface area contributed by atoms with Crippen molar-refractivity contribution < 1.29 is 9.26 Å². The molecule has 5 heteroatoms. The fraction of sp³-hybridized carbons (Fsp3) is 0.467. The number of aryl methyl sites for hydroxylation is 2. The lowest BCUT2D eigenvalue weighted by Gasteiger charge is -2.18. The Morgan fingerprint density at radius 3 is 3.05 bits per heavy atom. The average molecular weight is 273 g/mol. The van der Waals surface area contributed by atoms with E-state index in [0.717, 1.165) is 25.2 Å². The lowest BCUT2D eigenvalue weighted by atomic mass is 10.00. The Kier molecular flexibility index (Phi) is 3.69. The van der Waals surface area contributed by atoms with Crippen LogP contribution in [0, 0.1) is 13.8 Å². The number of ether oxygens (including phenoxy) is 1. The van der Waals surface area contributed by atoms with Crippen LogP contribution in [0.4, 0.5) is 0 Å². The summed E-state index contributed by atoms with van der Waals surface area (Å²) in [6.45, 7) is 5.27. The van der Waals surface area contributed by atoms with Gasteiger partial charge in [0, 0.05) is 11.6 Å². The van der Waals surface area contributed by atoms with Crippen molar-refractivity contribution in [2.75, 3.05) is 6.61 Å². The Bertz CT molecular complexity index is 595. The molecule has 0 aliphatic carbocycles. The SMILES string of the molecule is Cc1noc(CNC2CCCOc3c(C)cccc32)n1. The Hall–Kier alpha value is -1.88. The van der Waals surface area contributed by atoms with Crippen LogP contribution in [0.1, 0.15) is 41.7 Å². The van der Waals surface area contributed by atoms with Crippen LogP contribution in [0.15, 0.2) is 22.7 Å². The van der Waals surface area contributed by atoms with Gasteiger partial charge < -0.3 is 14.6 Å². The topological polar surface area (TPSA) is 60.2 Å². The molecule has 0 saturated carbocycles. The number of nitrogens with one attached hydrogen (secondary N) is 1. The molecule has 106 valence electrons. The van der Waals surface area contributed by atoms with Crippen LogP contribution in [0.25, 0.3) is 0 Å². The monoisotopic (exact) mass is 273 g/mol. The van der Waals surface area contributed by atoms with Gasteiger partial charge in [-0.1, -0.05) is 23.4 Å². The summed E-state index contributed by atoms with van der Waals surface area (Å²) in [6.07, 6.45) is 2.08. The second-order valence-electron chi connectivity index (χ2n) is 5.15. The highest BCUT2D eigenvalue weighted by molar-refractivity contribution is 5.43. The van der Waals surface area contributed by atoms with Crippen LogP contribution in [0.3, 0.4) is 0 Å². The fourth-order valence-corrected chi connectivity index (χ4v) is 2.60. The van der Waals surface area contributed by atoms with Crippen LogP contribution in [-0.4, -0.2) is 16.7 Å². The molecule has 2 aromatic rings. The first-order valence-electron chi connectivity index (χ1n) is 6.99. The summed E-state index contributed by atoms with van der Waals surface area (Å²) in [5, 5.41) is 7.30. The van der Waals surface area contributed by atoms with Crippen molar-refractivity contribution in [3.63, 3.8) is 0 Å². The van der Waals surface area contributed by atoms with Gasteiger partial charge in [0.1, 0.15) is 5.75 Å². The maximum Gasteiger partial charge on any atom is 0.240 e. The van der Waals surface area contributed by atoms with Crippen LogP contribution >= 0.6 is 0 Å². The van der Waals surface area contributed by atoms with Crippen molar-refractivity contribution >= 4 is 0 Å². The van der Waals surface area contributed by atoms with Gasteiger partial charge in [-0.15, -0.1) is 0 Å². The number of fused-ring (bicyclic) bond motifs is 1. The minimum atomic E-state index is 0.264. The molecule has 1 aromatic carbocycles. The third kappa shape index (κ3) is 2.67. The normalized spacial score (nSPS) is 18.2. The van der Waals surface area contributed by atoms with Gasteiger partial charge in [-0.25, -0.2) is 0 Å². The molecular weight excluding hydrogens is 254 g/mol. The Labute approximate surface area is 118 Å². The zero-order valence-electron chi connectivity index (χ0n) is 11.8. The molecule has 1 aliphatic rings. The predicted molar refractivity (Wildman–Crippen MR) is 74.5 cm³/mol. The lowest BCUT2D eigenvalue weighted by molar-refractivity contribution is 0.312. The number of aromatic nitrogens is 2. The second-order valence-corrected chi connectivity index (χ2v) is 5.15. The van der Waals surface area contributed by atoms with Crippen molar-refractivity contribution in [3.8, 4) is 5.75 Å². The van der Waals surface area contributed by atoms with Crippen LogP contribution < -0.4 is 10.1 Å². The van der Waals surface area contributed by atoms with Gasteiger partial charge in [0.25, 0.3) is 0 Å². The van der Waals surface area contributed by atoms with Crippen molar-refractivity contribution in [3.05, 3.63) is 41.0 Å². The minimum absolute atomic E-state index is 0.264. The third-order valence-electron chi connectivity index (χ3n) is 3.57. The van der Waals surface area contributed by atoms with Gasteiger partial charge >= 0.3 is 0 Å². The Morgan fingerprint density at radius 1 is 1.35 bits per heavy atom. The predicted octanol–water partition coefficient (Wildman–Crippen LogP) is 2.69. The lowest BCUT2D eigenvalue weighted by Crippen LogP contribution is -2.21. The summed E-state index contributed by atoms with van der Waals surface area (Å²) in [5.41, 5.74) is 2.41. The van der Waals surface area contributed by atoms with E-state index in [1.165, 1.54) is 11.1 Å². The van der Waals surface area contributed by atoms with Crippen LogP contribution in [0.2, 0.25) is 0 Å². The van der Waals surface area contributed by atoms with Crippen molar-refractivity contribution in [1.82, 2.24) is 15.5 Å². The number of hydrogen-bond acceptors (Lipinski definition) is 5. The molecule has 20 heavy (non-hydrogen) atoms. The maximum atomic E-state index is 5.87. The second kappa shape index (κ2) is 5.63. The molecule has 0 saturated heterocycles. The zero-order valence-corrected chi connectivity index (χ0v) is 11.8. The fourth-order valence-electron chi connectivity index (χ4n) is 2.60. The highest BCUT2D eigenvalue weighted by Crippen LogP contribution is 2.34. The highest BCUT2D eigenvalue weighted by atomic mass is 16.5.